The molecule has 0 bridgehead atoms. The van der Waals surface area contributed by atoms with Crippen molar-refractivity contribution in [2.75, 3.05) is 0 Å². The highest BCUT2D eigenvalue weighted by atomic mass is 79.9. The maximum absolute atomic E-state index is 12.0. The summed E-state index contributed by atoms with van der Waals surface area (Å²) in [6.45, 7) is 0. The van der Waals surface area contributed by atoms with Gasteiger partial charge in [-0.05, 0) is 30.5 Å². The molecular formula is C13H12BrNO. The molecule has 1 aromatic carbocycles. The molecule has 0 N–H and O–H groups in total. The van der Waals surface area contributed by atoms with Gasteiger partial charge in [-0.2, -0.15) is 5.26 Å². The molecule has 0 aliphatic heterocycles. The lowest BCUT2D eigenvalue weighted by Gasteiger charge is -2.40. The highest BCUT2D eigenvalue weighted by molar-refractivity contribution is 9.10. The number of nitriles is 1. The maximum Gasteiger partial charge on any atom is 0.157 e. The summed E-state index contributed by atoms with van der Waals surface area (Å²) in [6.07, 6.45) is 2.85. The molecular weight excluding hydrogens is 266 g/mol. The summed E-state index contributed by atoms with van der Waals surface area (Å²) in [5.41, 5.74) is 0.674. The largest absolute Gasteiger partial charge is 0.298 e. The Labute approximate surface area is 103 Å². The van der Waals surface area contributed by atoms with E-state index in [0.29, 0.717) is 0 Å². The molecule has 0 atom stereocenters. The number of hydrogen-bond acceptors (Lipinski definition) is 2. The van der Waals surface area contributed by atoms with Crippen LogP contribution < -0.4 is 0 Å². The monoisotopic (exact) mass is 277 g/mol. The van der Waals surface area contributed by atoms with Crippen LogP contribution in [0, 0.1) is 11.3 Å². The van der Waals surface area contributed by atoms with E-state index in [0.717, 1.165) is 29.3 Å². The molecule has 0 saturated heterocycles. The van der Waals surface area contributed by atoms with Gasteiger partial charge in [-0.25, -0.2) is 0 Å². The van der Waals surface area contributed by atoms with Crippen molar-refractivity contribution in [3.05, 3.63) is 34.3 Å². The molecule has 1 aliphatic rings. The first-order chi connectivity index (χ1) is 7.69. The van der Waals surface area contributed by atoms with Gasteiger partial charge in [0.1, 0.15) is 0 Å². The number of hydrogen-bond donors (Lipinski definition) is 0. The van der Waals surface area contributed by atoms with E-state index >= 15 is 0 Å². The number of nitrogens with zero attached hydrogens (tertiary/aromatic N) is 1. The van der Waals surface area contributed by atoms with E-state index in [1.54, 1.807) is 0 Å². The topological polar surface area (TPSA) is 40.9 Å². The lowest BCUT2D eigenvalue weighted by molar-refractivity contribution is -0.126. The number of carbonyl (C=O) groups excluding carboxylic acids is 1. The number of Topliss-reactive ketones (excluding diaryl/α,β-unsaturated/α-hetero) is 1. The molecule has 1 aliphatic carbocycles. The van der Waals surface area contributed by atoms with E-state index in [1.807, 2.05) is 30.3 Å². The minimum absolute atomic E-state index is 0.0204. The van der Waals surface area contributed by atoms with Gasteiger partial charge in [0.05, 0.1) is 17.9 Å². The van der Waals surface area contributed by atoms with Crippen molar-refractivity contribution in [1.29, 1.82) is 5.26 Å². The Morgan fingerprint density at radius 2 is 2.25 bits per heavy atom. The molecule has 0 spiro atoms. The van der Waals surface area contributed by atoms with Gasteiger partial charge in [0, 0.05) is 4.47 Å². The summed E-state index contributed by atoms with van der Waals surface area (Å²) in [6, 6.07) is 9.84. The first-order valence-corrected chi connectivity index (χ1v) is 6.15. The predicted octanol–water partition coefficient (Wildman–Crippen LogP) is 3.35. The Morgan fingerprint density at radius 1 is 1.50 bits per heavy atom. The van der Waals surface area contributed by atoms with E-state index in [2.05, 4.69) is 15.9 Å². The van der Waals surface area contributed by atoms with Crippen LogP contribution >= 0.6 is 15.9 Å². The summed E-state index contributed by atoms with van der Waals surface area (Å²) >= 11 is 3.42. The second-order valence-corrected chi connectivity index (χ2v) is 5.12. The van der Waals surface area contributed by atoms with Crippen molar-refractivity contribution < 1.29 is 4.79 Å². The van der Waals surface area contributed by atoms with Crippen molar-refractivity contribution in [2.24, 2.45) is 0 Å². The zero-order valence-electron chi connectivity index (χ0n) is 8.87. The van der Waals surface area contributed by atoms with E-state index in [4.69, 9.17) is 5.26 Å². The molecule has 1 fully saturated rings. The summed E-state index contributed by atoms with van der Waals surface area (Å²) < 4.78 is 0.987. The third kappa shape index (κ3) is 1.78. The second kappa shape index (κ2) is 4.39. The first kappa shape index (κ1) is 11.3. The van der Waals surface area contributed by atoms with Gasteiger partial charge in [0.25, 0.3) is 0 Å². The van der Waals surface area contributed by atoms with E-state index in [-0.39, 0.29) is 17.6 Å². The van der Waals surface area contributed by atoms with Crippen molar-refractivity contribution in [2.45, 2.75) is 31.1 Å². The average Bonchev–Trinajstić information content (AvgIpc) is 2.16. The molecule has 0 amide bonds. The zero-order chi connectivity index (χ0) is 11.6. The van der Waals surface area contributed by atoms with Crippen LogP contribution in [0.1, 0.15) is 31.2 Å². The van der Waals surface area contributed by atoms with Gasteiger partial charge in [-0.15, -0.1) is 0 Å². The van der Waals surface area contributed by atoms with E-state index in [9.17, 15) is 4.79 Å². The number of ketones is 1. The van der Waals surface area contributed by atoms with Crippen LogP contribution in [0.4, 0.5) is 0 Å². The van der Waals surface area contributed by atoms with Crippen LogP contribution in [0.5, 0.6) is 0 Å². The molecule has 82 valence electrons. The number of rotatable bonds is 3. The summed E-state index contributed by atoms with van der Waals surface area (Å²) in [7, 11) is 0. The van der Waals surface area contributed by atoms with E-state index < -0.39 is 0 Å². The summed E-state index contributed by atoms with van der Waals surface area (Å²) in [5, 5.41) is 8.64. The van der Waals surface area contributed by atoms with Gasteiger partial charge in [0.2, 0.25) is 0 Å². The first-order valence-electron chi connectivity index (χ1n) is 5.35. The fourth-order valence-corrected chi connectivity index (χ4v) is 2.69. The van der Waals surface area contributed by atoms with Crippen LogP contribution in [0.15, 0.2) is 28.7 Å². The van der Waals surface area contributed by atoms with Crippen molar-refractivity contribution in [3.8, 4) is 6.07 Å². The molecule has 0 heterocycles. The highest BCUT2D eigenvalue weighted by Gasteiger charge is 2.44. The summed E-state index contributed by atoms with van der Waals surface area (Å²) in [5.74, 6) is 0.0688. The van der Waals surface area contributed by atoms with Crippen molar-refractivity contribution in [1.82, 2.24) is 0 Å². The molecule has 1 saturated carbocycles. The van der Waals surface area contributed by atoms with Gasteiger partial charge in [0.15, 0.2) is 5.78 Å². The van der Waals surface area contributed by atoms with Gasteiger partial charge >= 0.3 is 0 Å². The van der Waals surface area contributed by atoms with Crippen LogP contribution in [0.2, 0.25) is 0 Å². The molecule has 16 heavy (non-hydrogen) atoms. The van der Waals surface area contributed by atoms with Crippen LogP contribution in [-0.2, 0) is 10.2 Å². The zero-order valence-corrected chi connectivity index (χ0v) is 10.5. The Morgan fingerprint density at radius 3 is 2.75 bits per heavy atom. The number of carbonyl (C=O) groups is 1. The molecule has 3 heteroatoms. The minimum Gasteiger partial charge on any atom is -0.298 e. The second-order valence-electron chi connectivity index (χ2n) is 4.20. The van der Waals surface area contributed by atoms with E-state index in [1.165, 1.54) is 0 Å². The third-order valence-electron chi connectivity index (χ3n) is 3.36. The third-order valence-corrected chi connectivity index (χ3v) is 3.85. The van der Waals surface area contributed by atoms with Crippen molar-refractivity contribution in [3.63, 3.8) is 0 Å². The van der Waals surface area contributed by atoms with Crippen LogP contribution in [0.25, 0.3) is 0 Å². The fourth-order valence-electron chi connectivity index (χ4n) is 2.29. The molecule has 0 radical (unpaired) electrons. The Bertz CT molecular complexity index is 457. The smallest absolute Gasteiger partial charge is 0.157 e. The van der Waals surface area contributed by atoms with Gasteiger partial charge in [-0.1, -0.05) is 34.5 Å². The Hall–Kier alpha value is -1.14. The minimum atomic E-state index is -0.375. The predicted molar refractivity (Wildman–Crippen MR) is 64.9 cm³/mol. The normalized spacial score (nSPS) is 17.2. The molecule has 2 nitrogen and oxygen atoms in total. The molecule has 0 aromatic heterocycles. The fraction of sp³-hybridized carbons (Fsp3) is 0.385. The van der Waals surface area contributed by atoms with Crippen molar-refractivity contribution >= 4 is 21.7 Å². The average molecular weight is 278 g/mol. The van der Waals surface area contributed by atoms with Crippen LogP contribution in [-0.4, -0.2) is 5.78 Å². The standard InChI is InChI=1S/C13H12BrNO/c14-11-4-1-3-10(9-11)13(6-2-7-13)12(16)5-8-15/h1,3-4,9H,2,5-7H2. The number of halogens is 1. The lowest BCUT2D eigenvalue weighted by Crippen LogP contribution is -2.42. The summed E-state index contributed by atoms with van der Waals surface area (Å²) in [4.78, 5) is 12.0. The van der Waals surface area contributed by atoms with Gasteiger partial charge in [-0.3, -0.25) is 4.79 Å². The maximum atomic E-state index is 12.0. The molecule has 0 unspecified atom stereocenters. The quantitative estimate of drug-likeness (QED) is 0.850. The molecule has 1 aromatic rings. The van der Waals surface area contributed by atoms with Crippen LogP contribution in [0.3, 0.4) is 0 Å². The number of benzene rings is 1. The SMILES string of the molecule is N#CCC(=O)C1(c2cccc(Br)c2)CCC1. The lowest BCUT2D eigenvalue weighted by atomic mass is 9.61. The Kier molecular flexibility index (Phi) is 3.11. The molecule has 2 rings (SSSR count). The van der Waals surface area contributed by atoms with Gasteiger partial charge < -0.3 is 0 Å². The highest BCUT2D eigenvalue weighted by Crippen LogP contribution is 2.45. The Balaban J connectivity index is 2.35.